The summed E-state index contributed by atoms with van der Waals surface area (Å²) in [5.41, 5.74) is 0. The molecule has 0 aromatic rings. The maximum absolute atomic E-state index is 8.64. The average Bonchev–Trinajstić information content (AvgIpc) is 2.50. The smallest absolute Gasteiger partial charge is 0.0431 e. The Morgan fingerprint density at radius 3 is 2.00 bits per heavy atom. The minimum Gasteiger partial charge on any atom is -0.396 e. The minimum atomic E-state index is 0.308. The normalized spacial score (nSPS) is 12.7. The number of hydrogen-bond donors (Lipinski definition) is 1. The molecule has 0 spiro atoms. The number of hydrogen-bond acceptors (Lipinski definition) is 1. The van der Waals surface area contributed by atoms with Gasteiger partial charge in [0.25, 0.3) is 0 Å². The Balaban J connectivity index is 3.35. The first-order chi connectivity index (χ1) is 10.4. The van der Waals surface area contributed by atoms with E-state index in [4.69, 9.17) is 5.11 Å². The van der Waals surface area contributed by atoms with Crippen molar-refractivity contribution in [2.75, 3.05) is 6.61 Å². The lowest BCUT2D eigenvalue weighted by molar-refractivity contribution is 0.285. The summed E-state index contributed by atoms with van der Waals surface area (Å²) in [6, 6.07) is 0. The van der Waals surface area contributed by atoms with Crippen molar-refractivity contribution in [1.29, 1.82) is 0 Å². The Labute approximate surface area is 132 Å². The SMILES string of the molecule is CCCCC/C=C/CC/C=C/C/C=C/C=C/CCCCO. The first-order valence-corrected chi connectivity index (χ1v) is 8.64. The van der Waals surface area contributed by atoms with E-state index >= 15 is 0 Å². The van der Waals surface area contributed by atoms with Crippen LogP contribution in [0, 0.1) is 0 Å². The highest BCUT2D eigenvalue weighted by atomic mass is 16.2. The Hall–Kier alpha value is -1.08. The molecule has 120 valence electrons. The molecule has 1 heteroatoms. The highest BCUT2D eigenvalue weighted by Crippen LogP contribution is 2.02. The number of allylic oxidation sites excluding steroid dienone is 8. The van der Waals surface area contributed by atoms with Crippen LogP contribution in [0.1, 0.15) is 71.1 Å². The monoisotopic (exact) mass is 290 g/mol. The first-order valence-electron chi connectivity index (χ1n) is 8.64. The van der Waals surface area contributed by atoms with Gasteiger partial charge < -0.3 is 5.11 Å². The van der Waals surface area contributed by atoms with E-state index in [9.17, 15) is 0 Å². The summed E-state index contributed by atoms with van der Waals surface area (Å²) < 4.78 is 0. The average molecular weight is 290 g/mol. The van der Waals surface area contributed by atoms with Gasteiger partial charge in [0.15, 0.2) is 0 Å². The molecule has 21 heavy (non-hydrogen) atoms. The lowest BCUT2D eigenvalue weighted by Gasteiger charge is -1.91. The molecule has 0 radical (unpaired) electrons. The van der Waals surface area contributed by atoms with Crippen LogP contribution in [0.3, 0.4) is 0 Å². The molecule has 0 aromatic carbocycles. The van der Waals surface area contributed by atoms with Gasteiger partial charge in [-0.3, -0.25) is 0 Å². The Kier molecular flexibility index (Phi) is 17.9. The van der Waals surface area contributed by atoms with Crippen LogP contribution >= 0.6 is 0 Å². The molecule has 0 aliphatic rings. The quantitative estimate of drug-likeness (QED) is 0.232. The summed E-state index contributed by atoms with van der Waals surface area (Å²) in [7, 11) is 0. The Bertz CT molecular complexity index is 297. The van der Waals surface area contributed by atoms with Crippen LogP contribution < -0.4 is 0 Å². The first kappa shape index (κ1) is 19.9. The molecule has 0 saturated heterocycles. The third-order valence-electron chi connectivity index (χ3n) is 3.24. The predicted molar refractivity (Wildman–Crippen MR) is 95.5 cm³/mol. The summed E-state index contributed by atoms with van der Waals surface area (Å²) >= 11 is 0. The van der Waals surface area contributed by atoms with Crippen molar-refractivity contribution < 1.29 is 5.11 Å². The van der Waals surface area contributed by atoms with Crippen LogP contribution in [0.2, 0.25) is 0 Å². The summed E-state index contributed by atoms with van der Waals surface area (Å²) in [5, 5.41) is 8.64. The van der Waals surface area contributed by atoms with Crippen molar-refractivity contribution >= 4 is 0 Å². The van der Waals surface area contributed by atoms with Crippen LogP contribution in [0.5, 0.6) is 0 Å². The van der Waals surface area contributed by atoms with Crippen molar-refractivity contribution in [3.8, 4) is 0 Å². The fraction of sp³-hybridized carbons (Fsp3) is 0.600. The van der Waals surface area contributed by atoms with Gasteiger partial charge in [-0.1, -0.05) is 68.4 Å². The van der Waals surface area contributed by atoms with Gasteiger partial charge in [-0.2, -0.15) is 0 Å². The molecule has 1 nitrogen and oxygen atoms in total. The van der Waals surface area contributed by atoms with Crippen LogP contribution in [0.4, 0.5) is 0 Å². The minimum absolute atomic E-state index is 0.308. The molecule has 0 heterocycles. The number of aliphatic hydroxyl groups excluding tert-OH is 1. The zero-order chi connectivity index (χ0) is 15.4. The molecule has 0 saturated carbocycles. The second kappa shape index (κ2) is 18.9. The van der Waals surface area contributed by atoms with Gasteiger partial charge >= 0.3 is 0 Å². The van der Waals surface area contributed by atoms with E-state index < -0.39 is 0 Å². The van der Waals surface area contributed by atoms with Crippen molar-refractivity contribution in [3.05, 3.63) is 48.6 Å². The largest absolute Gasteiger partial charge is 0.396 e. The zero-order valence-corrected chi connectivity index (χ0v) is 13.8. The van der Waals surface area contributed by atoms with E-state index in [-0.39, 0.29) is 0 Å². The van der Waals surface area contributed by atoms with Crippen LogP contribution in [0.25, 0.3) is 0 Å². The molecule has 0 fully saturated rings. The molecule has 0 amide bonds. The van der Waals surface area contributed by atoms with Gasteiger partial charge in [0.2, 0.25) is 0 Å². The second-order valence-corrected chi connectivity index (χ2v) is 5.33. The third kappa shape index (κ3) is 18.9. The fourth-order valence-electron chi connectivity index (χ4n) is 1.94. The van der Waals surface area contributed by atoms with E-state index in [1.165, 1.54) is 25.7 Å². The van der Waals surface area contributed by atoms with E-state index in [0.29, 0.717) is 6.61 Å². The van der Waals surface area contributed by atoms with Crippen molar-refractivity contribution in [3.63, 3.8) is 0 Å². The third-order valence-corrected chi connectivity index (χ3v) is 3.24. The maximum Gasteiger partial charge on any atom is 0.0431 e. The molecular formula is C20H34O. The van der Waals surface area contributed by atoms with Crippen LogP contribution in [0.15, 0.2) is 48.6 Å². The standard InChI is InChI=1S/C20H34O/c1-2-3-4-5-6-7-8-9-10-11-12-13-14-15-16-17-18-19-20-21/h6-7,10-11,13-16,21H,2-5,8-9,12,17-20H2,1H3/b7-6+,11-10+,14-13+,16-15+. The number of rotatable bonds is 14. The topological polar surface area (TPSA) is 20.2 Å². The Morgan fingerprint density at radius 2 is 1.24 bits per heavy atom. The van der Waals surface area contributed by atoms with Crippen molar-refractivity contribution in [2.24, 2.45) is 0 Å². The van der Waals surface area contributed by atoms with E-state index in [1.54, 1.807) is 0 Å². The van der Waals surface area contributed by atoms with Gasteiger partial charge in [-0.25, -0.2) is 0 Å². The molecular weight excluding hydrogens is 256 g/mol. The molecule has 0 bridgehead atoms. The van der Waals surface area contributed by atoms with E-state index in [2.05, 4.69) is 55.5 Å². The number of unbranched alkanes of at least 4 members (excludes halogenated alkanes) is 6. The summed E-state index contributed by atoms with van der Waals surface area (Å²) in [4.78, 5) is 0. The van der Waals surface area contributed by atoms with E-state index in [1.807, 2.05) is 0 Å². The van der Waals surface area contributed by atoms with Crippen molar-refractivity contribution in [2.45, 2.75) is 71.1 Å². The zero-order valence-electron chi connectivity index (χ0n) is 13.8. The lowest BCUT2D eigenvalue weighted by atomic mass is 10.2. The number of aliphatic hydroxyl groups is 1. The van der Waals surface area contributed by atoms with Gasteiger partial charge in [-0.05, 0) is 51.4 Å². The van der Waals surface area contributed by atoms with Crippen LogP contribution in [-0.4, -0.2) is 11.7 Å². The highest BCUT2D eigenvalue weighted by molar-refractivity contribution is 5.04. The van der Waals surface area contributed by atoms with Gasteiger partial charge in [0.05, 0.1) is 0 Å². The summed E-state index contributed by atoms with van der Waals surface area (Å²) in [6.07, 6.45) is 29.3. The lowest BCUT2D eigenvalue weighted by Crippen LogP contribution is -1.79. The van der Waals surface area contributed by atoms with Crippen molar-refractivity contribution in [1.82, 2.24) is 0 Å². The molecule has 0 aromatic heterocycles. The van der Waals surface area contributed by atoms with E-state index in [0.717, 1.165) is 38.5 Å². The van der Waals surface area contributed by atoms with Crippen LogP contribution in [-0.2, 0) is 0 Å². The maximum atomic E-state index is 8.64. The molecule has 0 atom stereocenters. The predicted octanol–water partition coefficient (Wildman–Crippen LogP) is 6.12. The van der Waals surface area contributed by atoms with Gasteiger partial charge in [-0.15, -0.1) is 0 Å². The second-order valence-electron chi connectivity index (χ2n) is 5.33. The molecule has 0 aliphatic heterocycles. The molecule has 0 rings (SSSR count). The summed E-state index contributed by atoms with van der Waals surface area (Å²) in [6.45, 7) is 2.55. The molecule has 0 unspecified atom stereocenters. The molecule has 1 N–H and O–H groups in total. The Morgan fingerprint density at radius 1 is 0.619 bits per heavy atom. The fourth-order valence-corrected chi connectivity index (χ4v) is 1.94. The highest BCUT2D eigenvalue weighted by Gasteiger charge is 1.82. The summed E-state index contributed by atoms with van der Waals surface area (Å²) in [5.74, 6) is 0. The van der Waals surface area contributed by atoms with Gasteiger partial charge in [0, 0.05) is 6.61 Å². The van der Waals surface area contributed by atoms with Gasteiger partial charge in [0.1, 0.15) is 0 Å². The molecule has 0 aliphatic carbocycles.